The molecule has 2 heterocycles. The van der Waals surface area contributed by atoms with Gasteiger partial charge in [0.25, 0.3) is 11.8 Å². The Morgan fingerprint density at radius 3 is 2.50 bits per heavy atom. The fourth-order valence-corrected chi connectivity index (χ4v) is 4.42. The average Bonchev–Trinajstić information content (AvgIpc) is 3.00. The Balaban J connectivity index is 1.84. The summed E-state index contributed by atoms with van der Waals surface area (Å²) in [6.07, 6.45) is 1.78. The Morgan fingerprint density at radius 2 is 1.80 bits per heavy atom. The van der Waals surface area contributed by atoms with E-state index in [9.17, 15) is 14.7 Å². The van der Waals surface area contributed by atoms with Crippen LogP contribution in [0, 0.1) is 19.8 Å². The van der Waals surface area contributed by atoms with Crippen LogP contribution in [0.15, 0.2) is 48.2 Å². The van der Waals surface area contributed by atoms with Crippen molar-refractivity contribution in [2.75, 3.05) is 24.6 Å². The number of benzene rings is 2. The zero-order chi connectivity index (χ0) is 21.4. The number of anilines is 1. The van der Waals surface area contributed by atoms with Gasteiger partial charge in [-0.3, -0.25) is 9.59 Å². The van der Waals surface area contributed by atoms with E-state index in [4.69, 9.17) is 11.6 Å². The lowest BCUT2D eigenvalue weighted by atomic mass is 9.96. The molecule has 1 N–H and O–H groups in total. The molecule has 2 aliphatic rings. The van der Waals surface area contributed by atoms with Crippen LogP contribution in [0.2, 0.25) is 5.02 Å². The van der Waals surface area contributed by atoms with Crippen molar-refractivity contribution in [3.05, 3.63) is 69.9 Å². The number of aryl methyl sites for hydroxylation is 2. The second-order valence-electron chi connectivity index (χ2n) is 8.10. The van der Waals surface area contributed by atoms with Gasteiger partial charge in [-0.25, -0.2) is 4.90 Å². The van der Waals surface area contributed by atoms with Crippen LogP contribution in [-0.2, 0) is 9.59 Å². The van der Waals surface area contributed by atoms with Crippen molar-refractivity contribution in [3.8, 4) is 0 Å². The lowest BCUT2D eigenvalue weighted by molar-refractivity contribution is -0.120. The number of carbonyl (C=O) groups excluding carboxylic acids is 2. The van der Waals surface area contributed by atoms with Crippen molar-refractivity contribution in [2.45, 2.75) is 26.7 Å². The SMILES string of the molecule is Cc1ccc(C2=C(N3CCCC(CO)C3)C(=O)N(c3cc(Cl)ccc3C)C2=O)cc1. The van der Waals surface area contributed by atoms with E-state index < -0.39 is 0 Å². The highest BCUT2D eigenvalue weighted by molar-refractivity contribution is 6.45. The third-order valence-electron chi connectivity index (χ3n) is 5.91. The molecule has 1 saturated heterocycles. The lowest BCUT2D eigenvalue weighted by Gasteiger charge is -2.34. The molecule has 30 heavy (non-hydrogen) atoms. The molecular formula is C24H25ClN2O3. The first-order valence-corrected chi connectivity index (χ1v) is 10.6. The Kier molecular flexibility index (Phi) is 5.67. The average molecular weight is 425 g/mol. The molecule has 156 valence electrons. The third kappa shape index (κ3) is 3.64. The van der Waals surface area contributed by atoms with E-state index in [1.165, 1.54) is 4.90 Å². The summed E-state index contributed by atoms with van der Waals surface area (Å²) in [6.45, 7) is 5.16. The van der Waals surface area contributed by atoms with E-state index in [0.717, 1.165) is 29.5 Å². The van der Waals surface area contributed by atoms with Gasteiger partial charge in [0, 0.05) is 24.7 Å². The van der Waals surface area contributed by atoms with Crippen molar-refractivity contribution in [1.82, 2.24) is 4.90 Å². The molecule has 0 spiro atoms. The van der Waals surface area contributed by atoms with Gasteiger partial charge in [0.2, 0.25) is 0 Å². The van der Waals surface area contributed by atoms with Crippen molar-refractivity contribution in [1.29, 1.82) is 0 Å². The number of imide groups is 1. The van der Waals surface area contributed by atoms with Crippen molar-refractivity contribution in [2.24, 2.45) is 5.92 Å². The minimum absolute atomic E-state index is 0.0723. The quantitative estimate of drug-likeness (QED) is 0.755. The first-order chi connectivity index (χ1) is 14.4. The van der Waals surface area contributed by atoms with E-state index in [1.54, 1.807) is 12.1 Å². The smallest absolute Gasteiger partial charge is 0.282 e. The minimum atomic E-state index is -0.338. The van der Waals surface area contributed by atoms with Crippen molar-refractivity contribution in [3.63, 3.8) is 0 Å². The Labute approximate surface area is 181 Å². The van der Waals surface area contributed by atoms with Gasteiger partial charge in [0.05, 0.1) is 11.3 Å². The summed E-state index contributed by atoms with van der Waals surface area (Å²) >= 11 is 6.18. The van der Waals surface area contributed by atoms with Gasteiger partial charge in [-0.1, -0.05) is 47.5 Å². The zero-order valence-electron chi connectivity index (χ0n) is 17.2. The summed E-state index contributed by atoms with van der Waals surface area (Å²) in [6, 6.07) is 12.9. The molecule has 2 aromatic rings. The zero-order valence-corrected chi connectivity index (χ0v) is 17.9. The van der Waals surface area contributed by atoms with Gasteiger partial charge in [-0.2, -0.15) is 0 Å². The topological polar surface area (TPSA) is 60.9 Å². The summed E-state index contributed by atoms with van der Waals surface area (Å²) in [5.74, 6) is -0.578. The number of likely N-dealkylation sites (tertiary alicyclic amines) is 1. The van der Waals surface area contributed by atoms with Crippen LogP contribution in [0.1, 0.15) is 29.5 Å². The van der Waals surface area contributed by atoms with Crippen molar-refractivity contribution >= 4 is 34.7 Å². The lowest BCUT2D eigenvalue weighted by Crippen LogP contribution is -2.40. The summed E-state index contributed by atoms with van der Waals surface area (Å²) in [5.41, 5.74) is 3.95. The third-order valence-corrected chi connectivity index (χ3v) is 6.14. The van der Waals surface area contributed by atoms with Gasteiger partial charge in [0.1, 0.15) is 5.70 Å². The molecule has 4 rings (SSSR count). The number of hydrogen-bond donors (Lipinski definition) is 1. The van der Waals surface area contributed by atoms with E-state index in [-0.39, 0.29) is 24.3 Å². The molecule has 1 fully saturated rings. The summed E-state index contributed by atoms with van der Waals surface area (Å²) in [7, 11) is 0. The molecular weight excluding hydrogens is 400 g/mol. The van der Waals surface area contributed by atoms with E-state index in [2.05, 4.69) is 0 Å². The molecule has 0 saturated carbocycles. The van der Waals surface area contributed by atoms with Crippen LogP contribution in [0.25, 0.3) is 5.57 Å². The van der Waals surface area contributed by atoms with Crippen LogP contribution in [0.4, 0.5) is 5.69 Å². The predicted molar refractivity (Wildman–Crippen MR) is 118 cm³/mol. The number of carbonyl (C=O) groups is 2. The standard InChI is InChI=1S/C24H25ClN2O3/c1-15-5-8-18(9-6-15)21-22(26-11-3-4-17(13-26)14-28)24(30)27(23(21)29)20-12-19(25)10-7-16(20)2/h5-10,12,17,28H,3-4,11,13-14H2,1-2H3. The van der Waals surface area contributed by atoms with Crippen LogP contribution in [-0.4, -0.2) is 41.5 Å². The molecule has 1 atom stereocenters. The minimum Gasteiger partial charge on any atom is -0.396 e. The number of halogens is 1. The second kappa shape index (κ2) is 8.25. The maximum Gasteiger partial charge on any atom is 0.282 e. The van der Waals surface area contributed by atoms with Crippen molar-refractivity contribution < 1.29 is 14.7 Å². The fourth-order valence-electron chi connectivity index (χ4n) is 4.25. The summed E-state index contributed by atoms with van der Waals surface area (Å²) in [5, 5.41) is 10.1. The fraction of sp³-hybridized carbons (Fsp3) is 0.333. The van der Waals surface area contributed by atoms with Crippen LogP contribution < -0.4 is 4.90 Å². The van der Waals surface area contributed by atoms with Crippen LogP contribution >= 0.6 is 11.6 Å². The summed E-state index contributed by atoms with van der Waals surface area (Å²) < 4.78 is 0. The van der Waals surface area contributed by atoms with E-state index >= 15 is 0 Å². The monoisotopic (exact) mass is 424 g/mol. The number of rotatable bonds is 4. The second-order valence-corrected chi connectivity index (χ2v) is 8.54. The molecule has 2 amide bonds. The molecule has 0 aromatic heterocycles. The number of amides is 2. The first kappa shape index (κ1) is 20.6. The Bertz CT molecular complexity index is 1030. The highest BCUT2D eigenvalue weighted by atomic mass is 35.5. The van der Waals surface area contributed by atoms with E-state index in [1.807, 2.05) is 49.1 Å². The molecule has 0 radical (unpaired) electrons. The van der Waals surface area contributed by atoms with Gasteiger partial charge in [-0.15, -0.1) is 0 Å². The number of nitrogens with zero attached hydrogens (tertiary/aromatic N) is 2. The molecule has 6 heteroatoms. The molecule has 2 aromatic carbocycles. The maximum atomic E-state index is 13.6. The van der Waals surface area contributed by atoms with Gasteiger partial charge in [-0.05, 0) is 55.9 Å². The molecule has 0 aliphatic carbocycles. The van der Waals surface area contributed by atoms with Crippen LogP contribution in [0.5, 0.6) is 0 Å². The normalized spacial score (nSPS) is 19.8. The van der Waals surface area contributed by atoms with Crippen LogP contribution in [0.3, 0.4) is 0 Å². The molecule has 1 unspecified atom stereocenters. The maximum absolute atomic E-state index is 13.6. The summed E-state index contributed by atoms with van der Waals surface area (Å²) in [4.78, 5) is 30.4. The molecule has 2 aliphatic heterocycles. The highest BCUT2D eigenvalue weighted by Gasteiger charge is 2.43. The van der Waals surface area contributed by atoms with Gasteiger partial charge < -0.3 is 10.0 Å². The largest absolute Gasteiger partial charge is 0.396 e. The Hall–Kier alpha value is -2.63. The Morgan fingerprint density at radius 1 is 1.07 bits per heavy atom. The highest BCUT2D eigenvalue weighted by Crippen LogP contribution is 2.38. The number of piperidine rings is 1. The number of aliphatic hydroxyl groups is 1. The molecule has 0 bridgehead atoms. The van der Waals surface area contributed by atoms with E-state index in [0.29, 0.717) is 35.1 Å². The molecule has 5 nitrogen and oxygen atoms in total. The van der Waals surface area contributed by atoms with Gasteiger partial charge in [0.15, 0.2) is 0 Å². The number of aliphatic hydroxyl groups excluding tert-OH is 1. The van der Waals surface area contributed by atoms with Gasteiger partial charge >= 0.3 is 0 Å². The number of hydrogen-bond acceptors (Lipinski definition) is 4. The predicted octanol–water partition coefficient (Wildman–Crippen LogP) is 3.95. The first-order valence-electron chi connectivity index (χ1n) is 10.2.